The zero-order valence-electron chi connectivity index (χ0n) is 40.0. The molecule has 0 atom stereocenters. The van der Waals surface area contributed by atoms with Gasteiger partial charge in [-0.2, -0.15) is 0 Å². The van der Waals surface area contributed by atoms with Crippen molar-refractivity contribution >= 4 is 43.7 Å². The molecule has 1 N–H and O–H groups in total. The molecule has 0 unspecified atom stereocenters. The van der Waals surface area contributed by atoms with Crippen molar-refractivity contribution in [1.82, 2.24) is 14.5 Å². The zero-order valence-corrected chi connectivity index (χ0v) is 40.0. The van der Waals surface area contributed by atoms with E-state index in [1.807, 2.05) is 12.3 Å². The molecule has 0 fully saturated rings. The number of imidazole rings is 1. The molecule has 0 radical (unpaired) electrons. The Morgan fingerprint density at radius 3 is 1.93 bits per heavy atom. The van der Waals surface area contributed by atoms with Gasteiger partial charge in [-0.15, -0.1) is 0 Å². The number of phenols is 1. The molecule has 0 saturated heterocycles. The number of para-hydroxylation sites is 2. The van der Waals surface area contributed by atoms with Gasteiger partial charge in [-0.3, -0.25) is 9.55 Å². The number of hydrogen-bond acceptors (Lipinski definition) is 4. The molecule has 0 aliphatic carbocycles. The SMILES string of the molecule is CC(C)(C)c1cc(-c2nc3c(-c4cc(-c5nccc6c5oc5c7ccccc7ccc65)cc(C(C)(C)c5ccccc5)c4)cccc3n2-c2ccccc2-c2ccccc2)c(O)c(C(C)(C)C)c1. The van der Waals surface area contributed by atoms with Crippen molar-refractivity contribution in [1.29, 1.82) is 0 Å². The molecule has 11 rings (SSSR count). The third-order valence-electron chi connectivity index (χ3n) is 14.0. The summed E-state index contributed by atoms with van der Waals surface area (Å²) in [6.07, 6.45) is 1.90. The molecule has 68 heavy (non-hydrogen) atoms. The van der Waals surface area contributed by atoms with Crippen LogP contribution in [0.3, 0.4) is 0 Å². The van der Waals surface area contributed by atoms with Crippen LogP contribution in [0.15, 0.2) is 187 Å². The lowest BCUT2D eigenvalue weighted by Crippen LogP contribution is -2.19. The van der Waals surface area contributed by atoms with Crippen molar-refractivity contribution in [2.75, 3.05) is 0 Å². The molecule has 0 amide bonds. The predicted molar refractivity (Wildman–Crippen MR) is 283 cm³/mol. The van der Waals surface area contributed by atoms with E-state index in [1.165, 1.54) is 5.56 Å². The quantitative estimate of drug-likeness (QED) is 0.173. The number of fused-ring (bicyclic) bond motifs is 6. The summed E-state index contributed by atoms with van der Waals surface area (Å²) in [5.41, 5.74) is 14.3. The minimum absolute atomic E-state index is 0.196. The molecule has 0 spiro atoms. The van der Waals surface area contributed by atoms with E-state index in [4.69, 9.17) is 14.4 Å². The Morgan fingerprint density at radius 1 is 0.485 bits per heavy atom. The molecule has 5 heteroatoms. The van der Waals surface area contributed by atoms with Crippen LogP contribution in [0.5, 0.6) is 5.75 Å². The maximum atomic E-state index is 12.6. The molecule has 3 aromatic heterocycles. The maximum Gasteiger partial charge on any atom is 0.161 e. The molecule has 8 aromatic carbocycles. The van der Waals surface area contributed by atoms with Crippen LogP contribution in [0.25, 0.3) is 94.3 Å². The monoisotopic (exact) mass is 885 g/mol. The Labute approximate surface area is 398 Å². The van der Waals surface area contributed by atoms with Crippen LogP contribution in [-0.4, -0.2) is 19.6 Å². The first-order valence-corrected chi connectivity index (χ1v) is 23.6. The van der Waals surface area contributed by atoms with Gasteiger partial charge in [0.15, 0.2) is 5.58 Å². The fourth-order valence-corrected chi connectivity index (χ4v) is 10.0. The van der Waals surface area contributed by atoms with Crippen LogP contribution < -0.4 is 0 Å². The fourth-order valence-electron chi connectivity index (χ4n) is 10.0. The minimum atomic E-state index is -0.389. The highest BCUT2D eigenvalue weighted by Crippen LogP contribution is 2.47. The van der Waals surface area contributed by atoms with Crippen LogP contribution in [-0.2, 0) is 16.2 Å². The van der Waals surface area contributed by atoms with E-state index in [2.05, 4.69) is 230 Å². The van der Waals surface area contributed by atoms with Gasteiger partial charge in [0.25, 0.3) is 0 Å². The highest BCUT2D eigenvalue weighted by Gasteiger charge is 2.30. The van der Waals surface area contributed by atoms with Crippen molar-refractivity contribution < 1.29 is 9.52 Å². The number of furan rings is 1. The number of aromatic nitrogens is 3. The molecular formula is C63H55N3O2. The first-order valence-electron chi connectivity index (χ1n) is 23.6. The first-order chi connectivity index (χ1) is 32.7. The summed E-state index contributed by atoms with van der Waals surface area (Å²) >= 11 is 0. The van der Waals surface area contributed by atoms with Gasteiger partial charge in [0.2, 0.25) is 0 Å². The van der Waals surface area contributed by atoms with E-state index in [0.29, 0.717) is 11.4 Å². The van der Waals surface area contributed by atoms with E-state index in [1.54, 1.807) is 0 Å². The van der Waals surface area contributed by atoms with Gasteiger partial charge in [0.1, 0.15) is 22.9 Å². The molecule has 0 saturated carbocycles. The molecule has 3 heterocycles. The standard InChI is InChI=1S/C63H55N3O2/c1-61(2,3)44-37-51(57(67)52(38-44)62(4,5)6)60-65-56-47(27-19-29-54(56)66(60)53-28-18-17-25-46(53)39-20-11-9-12-21-39)41-34-42(36-45(35-41)63(7,8)43-23-13-10-14-24-43)55-59-50(32-33-64-55)49-31-30-40-22-15-16-26-48(40)58(49)68-59/h9-38,67H,1-8H3. The number of pyridine rings is 1. The highest BCUT2D eigenvalue weighted by molar-refractivity contribution is 6.17. The lowest BCUT2D eigenvalue weighted by atomic mass is 9.76. The van der Waals surface area contributed by atoms with Gasteiger partial charge in [-0.1, -0.05) is 189 Å². The average Bonchev–Trinajstić information content (AvgIpc) is 3.93. The Kier molecular flexibility index (Phi) is 10.1. The van der Waals surface area contributed by atoms with Crippen molar-refractivity contribution in [3.8, 4) is 56.3 Å². The largest absolute Gasteiger partial charge is 0.507 e. The van der Waals surface area contributed by atoms with Crippen molar-refractivity contribution in [3.63, 3.8) is 0 Å². The van der Waals surface area contributed by atoms with Crippen LogP contribution >= 0.6 is 0 Å². The van der Waals surface area contributed by atoms with Crippen LogP contribution in [0.4, 0.5) is 0 Å². The number of rotatable bonds is 7. The van der Waals surface area contributed by atoms with Crippen LogP contribution in [0, 0.1) is 0 Å². The summed E-state index contributed by atoms with van der Waals surface area (Å²) in [5, 5.41) is 16.9. The van der Waals surface area contributed by atoms with E-state index in [9.17, 15) is 5.11 Å². The molecule has 0 aliphatic rings. The second-order valence-corrected chi connectivity index (χ2v) is 20.8. The average molecular weight is 886 g/mol. The Morgan fingerprint density at radius 2 is 1.16 bits per heavy atom. The molecule has 5 nitrogen and oxygen atoms in total. The van der Waals surface area contributed by atoms with E-state index in [-0.39, 0.29) is 22.0 Å². The molecular weight excluding hydrogens is 831 g/mol. The highest BCUT2D eigenvalue weighted by atomic mass is 16.3. The first kappa shape index (κ1) is 42.8. The lowest BCUT2D eigenvalue weighted by molar-refractivity contribution is 0.446. The smallest absolute Gasteiger partial charge is 0.161 e. The van der Waals surface area contributed by atoms with Crippen molar-refractivity contribution in [2.24, 2.45) is 0 Å². The topological polar surface area (TPSA) is 64.1 Å². The zero-order chi connectivity index (χ0) is 47.1. The molecule has 334 valence electrons. The van der Waals surface area contributed by atoms with Gasteiger partial charge < -0.3 is 9.52 Å². The van der Waals surface area contributed by atoms with Crippen molar-refractivity contribution in [2.45, 2.75) is 71.6 Å². The summed E-state index contributed by atoms with van der Waals surface area (Å²) in [5.74, 6) is 0.916. The Balaban J connectivity index is 1.22. The number of aromatic hydroxyl groups is 1. The fraction of sp³-hybridized carbons (Fsp3) is 0.175. The summed E-state index contributed by atoms with van der Waals surface area (Å²) in [7, 11) is 0. The summed E-state index contributed by atoms with van der Waals surface area (Å²) in [6.45, 7) is 17.7. The van der Waals surface area contributed by atoms with E-state index >= 15 is 0 Å². The van der Waals surface area contributed by atoms with Gasteiger partial charge in [0.05, 0.1) is 22.3 Å². The molecule has 11 aromatic rings. The second-order valence-electron chi connectivity index (χ2n) is 20.8. The maximum absolute atomic E-state index is 12.6. The minimum Gasteiger partial charge on any atom is -0.507 e. The van der Waals surface area contributed by atoms with Crippen molar-refractivity contribution in [3.05, 3.63) is 204 Å². The summed E-state index contributed by atoms with van der Waals surface area (Å²) < 4.78 is 9.18. The molecule has 0 aliphatic heterocycles. The lowest BCUT2D eigenvalue weighted by Gasteiger charge is -2.27. The Hall–Kier alpha value is -7.76. The Bertz CT molecular complexity index is 3730. The number of nitrogens with zero attached hydrogens (tertiary/aromatic N) is 3. The third-order valence-corrected chi connectivity index (χ3v) is 14.0. The van der Waals surface area contributed by atoms with Gasteiger partial charge in [-0.25, -0.2) is 4.98 Å². The number of hydrogen-bond donors (Lipinski definition) is 1. The van der Waals surface area contributed by atoms with Crippen LogP contribution in [0.1, 0.15) is 77.6 Å². The second kappa shape index (κ2) is 16.0. The van der Waals surface area contributed by atoms with Gasteiger partial charge in [-0.05, 0) is 86.5 Å². The van der Waals surface area contributed by atoms with Crippen LogP contribution in [0.2, 0.25) is 0 Å². The van der Waals surface area contributed by atoms with Gasteiger partial charge >= 0.3 is 0 Å². The van der Waals surface area contributed by atoms with Gasteiger partial charge in [0, 0.05) is 50.0 Å². The van der Waals surface area contributed by atoms with E-state index in [0.717, 1.165) is 99.6 Å². The molecule has 0 bridgehead atoms. The summed E-state index contributed by atoms with van der Waals surface area (Å²) in [4.78, 5) is 10.8. The number of benzene rings is 8. The predicted octanol–water partition coefficient (Wildman–Crippen LogP) is 16.8. The van der Waals surface area contributed by atoms with E-state index < -0.39 is 0 Å². The normalized spacial score (nSPS) is 12.5. The number of phenolic OH excluding ortho intramolecular Hbond substituents is 1. The third kappa shape index (κ3) is 7.16. The summed E-state index contributed by atoms with van der Waals surface area (Å²) in [6, 6.07) is 62.2.